The molecule has 2 aromatic rings. The lowest BCUT2D eigenvalue weighted by Gasteiger charge is -2.27. The Hall–Kier alpha value is -2.62. The van der Waals surface area contributed by atoms with Crippen molar-refractivity contribution in [2.75, 3.05) is 5.32 Å². The number of nitrogens with zero attached hydrogens (tertiary/aromatic N) is 1. The van der Waals surface area contributed by atoms with E-state index < -0.39 is 0 Å². The second-order valence-electron chi connectivity index (χ2n) is 6.85. The lowest BCUT2D eigenvalue weighted by Crippen LogP contribution is -2.36. The van der Waals surface area contributed by atoms with Crippen molar-refractivity contribution in [3.05, 3.63) is 65.7 Å². The zero-order chi connectivity index (χ0) is 17.8. The van der Waals surface area contributed by atoms with E-state index >= 15 is 0 Å². The van der Waals surface area contributed by atoms with Gasteiger partial charge in [-0.05, 0) is 56.5 Å². The smallest absolute Gasteiger partial charge is 0.254 e. The van der Waals surface area contributed by atoms with E-state index in [4.69, 9.17) is 0 Å². The van der Waals surface area contributed by atoms with Gasteiger partial charge < -0.3 is 10.2 Å². The number of amides is 2. The van der Waals surface area contributed by atoms with Crippen molar-refractivity contribution in [2.24, 2.45) is 5.92 Å². The van der Waals surface area contributed by atoms with Gasteiger partial charge in [-0.25, -0.2) is 0 Å². The van der Waals surface area contributed by atoms with Crippen LogP contribution in [0.5, 0.6) is 0 Å². The molecular formula is C21H24N2O2. The van der Waals surface area contributed by atoms with Crippen molar-refractivity contribution in [1.29, 1.82) is 0 Å². The van der Waals surface area contributed by atoms with Crippen LogP contribution in [0, 0.1) is 5.92 Å². The van der Waals surface area contributed by atoms with E-state index in [1.54, 1.807) is 24.3 Å². The minimum Gasteiger partial charge on any atom is -0.332 e. The van der Waals surface area contributed by atoms with Gasteiger partial charge in [0.05, 0.1) is 0 Å². The second-order valence-corrected chi connectivity index (χ2v) is 6.85. The third-order valence-electron chi connectivity index (χ3n) is 4.43. The van der Waals surface area contributed by atoms with Gasteiger partial charge in [0.2, 0.25) is 5.91 Å². The molecule has 4 heteroatoms. The summed E-state index contributed by atoms with van der Waals surface area (Å²) in [6.45, 7) is 4.62. The summed E-state index contributed by atoms with van der Waals surface area (Å²) in [5.41, 5.74) is 2.49. The first-order valence-corrected chi connectivity index (χ1v) is 8.80. The lowest BCUT2D eigenvalue weighted by atomic mass is 10.1. The van der Waals surface area contributed by atoms with Crippen LogP contribution < -0.4 is 5.32 Å². The number of carbonyl (C=O) groups is 2. The molecule has 2 aromatic carbocycles. The highest BCUT2D eigenvalue weighted by Crippen LogP contribution is 2.30. The quantitative estimate of drug-likeness (QED) is 0.864. The molecule has 0 spiro atoms. The third kappa shape index (κ3) is 4.47. The Morgan fingerprint density at radius 2 is 1.68 bits per heavy atom. The molecule has 1 saturated carbocycles. The van der Waals surface area contributed by atoms with E-state index in [-0.39, 0.29) is 23.8 Å². The standard InChI is InChI=1S/C21H24N2O2/c1-15(2)23(14-16-6-4-3-5-7-16)21(25)18-10-12-19(13-11-18)22-20(24)17-8-9-17/h3-7,10-13,15,17H,8-9,14H2,1-2H3,(H,22,24). The first kappa shape index (κ1) is 17.2. The highest BCUT2D eigenvalue weighted by atomic mass is 16.2. The molecule has 2 amide bonds. The van der Waals surface area contributed by atoms with Crippen molar-refractivity contribution in [3.63, 3.8) is 0 Å². The molecule has 0 bridgehead atoms. The SMILES string of the molecule is CC(C)N(Cc1ccccc1)C(=O)c1ccc(NC(=O)C2CC2)cc1. The van der Waals surface area contributed by atoms with Crippen LogP contribution >= 0.6 is 0 Å². The van der Waals surface area contributed by atoms with Crippen molar-refractivity contribution in [2.45, 2.75) is 39.3 Å². The first-order valence-electron chi connectivity index (χ1n) is 8.80. The van der Waals surface area contributed by atoms with Gasteiger partial charge in [-0.2, -0.15) is 0 Å². The van der Waals surface area contributed by atoms with Gasteiger partial charge in [0.1, 0.15) is 0 Å². The minimum absolute atomic E-state index is 0.000998. The van der Waals surface area contributed by atoms with E-state index in [9.17, 15) is 9.59 Å². The fourth-order valence-corrected chi connectivity index (χ4v) is 2.72. The van der Waals surface area contributed by atoms with Crippen molar-refractivity contribution >= 4 is 17.5 Å². The Morgan fingerprint density at radius 3 is 2.24 bits per heavy atom. The van der Waals surface area contributed by atoms with Crippen LogP contribution in [-0.4, -0.2) is 22.8 Å². The van der Waals surface area contributed by atoms with E-state index in [0.29, 0.717) is 12.1 Å². The Kier molecular flexibility index (Phi) is 5.17. The molecule has 3 rings (SSSR count). The van der Waals surface area contributed by atoms with Crippen LogP contribution in [0.15, 0.2) is 54.6 Å². The molecule has 0 aromatic heterocycles. The maximum Gasteiger partial charge on any atom is 0.254 e. The van der Waals surface area contributed by atoms with Gasteiger partial charge in [-0.15, -0.1) is 0 Å². The maximum atomic E-state index is 12.9. The Bertz CT molecular complexity index is 734. The molecule has 0 atom stereocenters. The van der Waals surface area contributed by atoms with Gasteiger partial charge in [0.15, 0.2) is 0 Å². The number of nitrogens with one attached hydrogen (secondary N) is 1. The molecule has 1 aliphatic carbocycles. The monoisotopic (exact) mass is 336 g/mol. The third-order valence-corrected chi connectivity index (χ3v) is 4.43. The van der Waals surface area contributed by atoms with Gasteiger partial charge in [0.25, 0.3) is 5.91 Å². The zero-order valence-corrected chi connectivity index (χ0v) is 14.7. The molecule has 0 aliphatic heterocycles. The van der Waals surface area contributed by atoms with Gasteiger partial charge in [-0.3, -0.25) is 9.59 Å². The summed E-state index contributed by atoms with van der Waals surface area (Å²) in [7, 11) is 0. The van der Waals surface area contributed by atoms with Crippen LogP contribution in [0.4, 0.5) is 5.69 Å². The average Bonchev–Trinajstić information content (AvgIpc) is 3.45. The molecule has 1 fully saturated rings. The molecule has 0 heterocycles. The van der Waals surface area contributed by atoms with Crippen molar-refractivity contribution in [3.8, 4) is 0 Å². The number of anilines is 1. The average molecular weight is 336 g/mol. The number of hydrogen-bond donors (Lipinski definition) is 1. The molecule has 1 N–H and O–H groups in total. The fourth-order valence-electron chi connectivity index (χ4n) is 2.72. The molecule has 1 aliphatic rings. The Morgan fingerprint density at radius 1 is 1.04 bits per heavy atom. The predicted molar refractivity (Wildman–Crippen MR) is 99.2 cm³/mol. The van der Waals surface area contributed by atoms with Crippen LogP contribution in [0.3, 0.4) is 0 Å². The molecule has 25 heavy (non-hydrogen) atoms. The molecular weight excluding hydrogens is 312 g/mol. The van der Waals surface area contributed by atoms with Crippen molar-refractivity contribution < 1.29 is 9.59 Å². The number of benzene rings is 2. The second kappa shape index (κ2) is 7.51. The summed E-state index contributed by atoms with van der Waals surface area (Å²) >= 11 is 0. The molecule has 0 saturated heterocycles. The number of carbonyl (C=O) groups excluding carboxylic acids is 2. The molecule has 0 radical (unpaired) electrons. The van der Waals surface area contributed by atoms with Gasteiger partial charge in [0, 0.05) is 29.8 Å². The molecule has 0 unspecified atom stereocenters. The van der Waals surface area contributed by atoms with E-state index in [0.717, 1.165) is 24.1 Å². The summed E-state index contributed by atoms with van der Waals surface area (Å²) in [6, 6.07) is 17.3. The Balaban J connectivity index is 1.69. The van der Waals surface area contributed by atoms with Gasteiger partial charge in [-0.1, -0.05) is 30.3 Å². The van der Waals surface area contributed by atoms with E-state index in [1.165, 1.54) is 0 Å². The highest BCUT2D eigenvalue weighted by molar-refractivity contribution is 5.96. The summed E-state index contributed by atoms with van der Waals surface area (Å²) in [6.07, 6.45) is 1.95. The molecule has 130 valence electrons. The topological polar surface area (TPSA) is 49.4 Å². The van der Waals surface area contributed by atoms with Crippen LogP contribution in [-0.2, 0) is 11.3 Å². The minimum atomic E-state index is -0.000998. The summed E-state index contributed by atoms with van der Waals surface area (Å²) in [5, 5.41) is 2.90. The van der Waals surface area contributed by atoms with Crippen LogP contribution in [0.25, 0.3) is 0 Å². The van der Waals surface area contributed by atoms with Crippen molar-refractivity contribution in [1.82, 2.24) is 4.90 Å². The largest absolute Gasteiger partial charge is 0.332 e. The number of hydrogen-bond acceptors (Lipinski definition) is 2. The Labute approximate surface area is 148 Å². The van der Waals surface area contributed by atoms with E-state index in [1.807, 2.05) is 49.1 Å². The lowest BCUT2D eigenvalue weighted by molar-refractivity contribution is -0.117. The maximum absolute atomic E-state index is 12.9. The van der Waals surface area contributed by atoms with E-state index in [2.05, 4.69) is 5.32 Å². The molecule has 4 nitrogen and oxygen atoms in total. The number of rotatable bonds is 6. The summed E-state index contributed by atoms with van der Waals surface area (Å²) in [4.78, 5) is 26.5. The summed E-state index contributed by atoms with van der Waals surface area (Å²) < 4.78 is 0. The zero-order valence-electron chi connectivity index (χ0n) is 14.7. The predicted octanol–water partition coefficient (Wildman–Crippen LogP) is 4.09. The van der Waals surface area contributed by atoms with Crippen LogP contribution in [0.2, 0.25) is 0 Å². The van der Waals surface area contributed by atoms with Crippen LogP contribution in [0.1, 0.15) is 42.6 Å². The fraction of sp³-hybridized carbons (Fsp3) is 0.333. The first-order chi connectivity index (χ1) is 12.0. The highest BCUT2D eigenvalue weighted by Gasteiger charge is 2.29. The van der Waals surface area contributed by atoms with Gasteiger partial charge >= 0.3 is 0 Å². The summed E-state index contributed by atoms with van der Waals surface area (Å²) in [5.74, 6) is 0.245. The normalized spacial score (nSPS) is 13.6.